The fourth-order valence-corrected chi connectivity index (χ4v) is 3.92. The molecule has 1 aliphatic rings. The molecule has 1 aromatic carbocycles. The van der Waals surface area contributed by atoms with Crippen molar-refractivity contribution in [3.63, 3.8) is 0 Å². The lowest BCUT2D eigenvalue weighted by Gasteiger charge is -2.30. The number of hydrogen-bond donors (Lipinski definition) is 2. The Morgan fingerprint density at radius 2 is 1.88 bits per heavy atom. The van der Waals surface area contributed by atoms with Crippen LogP contribution >= 0.6 is 28.1 Å². The van der Waals surface area contributed by atoms with Gasteiger partial charge in [-0.25, -0.2) is 0 Å². The average Bonchev–Trinajstić information content (AvgIpc) is 2.58. The second-order valence-corrected chi connectivity index (χ2v) is 7.58. The Labute approximate surface area is 158 Å². The number of ether oxygens (including phenoxy) is 2. The first-order valence-corrected chi connectivity index (χ1v) is 9.70. The lowest BCUT2D eigenvalue weighted by Crippen LogP contribution is -2.46. The van der Waals surface area contributed by atoms with E-state index in [0.717, 1.165) is 39.6 Å². The summed E-state index contributed by atoms with van der Waals surface area (Å²) in [5.41, 5.74) is 1.16. The summed E-state index contributed by atoms with van der Waals surface area (Å²) >= 11 is 9.04. The highest BCUT2D eigenvalue weighted by atomic mass is 79.9. The summed E-state index contributed by atoms with van der Waals surface area (Å²) in [6, 6.07) is 4.45. The molecule has 6 heteroatoms. The van der Waals surface area contributed by atoms with Crippen molar-refractivity contribution in [3.05, 3.63) is 22.2 Å². The third kappa shape index (κ3) is 5.24. The van der Waals surface area contributed by atoms with E-state index in [1.807, 2.05) is 12.1 Å². The van der Waals surface area contributed by atoms with Gasteiger partial charge in [0.25, 0.3) is 0 Å². The van der Waals surface area contributed by atoms with Crippen LogP contribution in [-0.4, -0.2) is 31.9 Å². The van der Waals surface area contributed by atoms with Gasteiger partial charge in [-0.15, -0.1) is 0 Å². The lowest BCUT2D eigenvalue weighted by molar-refractivity contribution is 0.308. The average molecular weight is 415 g/mol. The summed E-state index contributed by atoms with van der Waals surface area (Å²) in [6.07, 6.45) is 5.99. The van der Waals surface area contributed by atoms with Crippen molar-refractivity contribution in [2.75, 3.05) is 20.8 Å². The predicted molar refractivity (Wildman–Crippen MR) is 106 cm³/mol. The first-order chi connectivity index (χ1) is 11.5. The van der Waals surface area contributed by atoms with Crippen LogP contribution in [0.5, 0.6) is 11.5 Å². The molecule has 0 amide bonds. The van der Waals surface area contributed by atoms with Crippen molar-refractivity contribution in [2.45, 2.75) is 45.1 Å². The molecule has 0 aliphatic heterocycles. The molecule has 0 aromatic heterocycles. The smallest absolute Gasteiger partial charge is 0.166 e. The van der Waals surface area contributed by atoms with E-state index in [-0.39, 0.29) is 0 Å². The van der Waals surface area contributed by atoms with Crippen molar-refractivity contribution in [1.82, 2.24) is 10.6 Å². The number of benzene rings is 1. The van der Waals surface area contributed by atoms with Crippen LogP contribution in [0.3, 0.4) is 0 Å². The number of methoxy groups -OCH3 is 2. The molecule has 0 spiro atoms. The molecule has 0 radical (unpaired) electrons. The van der Waals surface area contributed by atoms with E-state index in [1.165, 1.54) is 25.7 Å². The Kier molecular flexibility index (Phi) is 7.62. The summed E-state index contributed by atoms with van der Waals surface area (Å²) < 4.78 is 11.7. The van der Waals surface area contributed by atoms with Gasteiger partial charge in [-0.05, 0) is 55.1 Å². The molecule has 4 nitrogen and oxygen atoms in total. The molecule has 0 bridgehead atoms. The zero-order chi connectivity index (χ0) is 17.5. The fraction of sp³-hybridized carbons (Fsp3) is 0.611. The normalized spacial score (nSPS) is 20.3. The summed E-state index contributed by atoms with van der Waals surface area (Å²) in [7, 11) is 3.29. The standard InChI is InChI=1S/C18H27BrN2O2S/c1-12-6-4-5-7-15(12)21-18(24)20-9-8-13-10-16(22-2)17(23-3)11-14(13)19/h10-12,15H,4-9H2,1-3H3,(H2,20,21,24)/t12-,15+/m1/s1. The summed E-state index contributed by atoms with van der Waals surface area (Å²) in [5, 5.41) is 7.55. The number of hydrogen-bond acceptors (Lipinski definition) is 3. The Bertz CT molecular complexity index is 568. The van der Waals surface area contributed by atoms with E-state index < -0.39 is 0 Å². The van der Waals surface area contributed by atoms with E-state index in [9.17, 15) is 0 Å². The Morgan fingerprint density at radius 3 is 2.54 bits per heavy atom. The lowest BCUT2D eigenvalue weighted by atomic mass is 9.86. The van der Waals surface area contributed by atoms with Crippen LogP contribution in [0.1, 0.15) is 38.2 Å². The highest BCUT2D eigenvalue weighted by Gasteiger charge is 2.21. The van der Waals surface area contributed by atoms with Crippen molar-refractivity contribution < 1.29 is 9.47 Å². The molecule has 1 fully saturated rings. The zero-order valence-corrected chi connectivity index (χ0v) is 17.1. The highest BCUT2D eigenvalue weighted by molar-refractivity contribution is 9.10. The zero-order valence-electron chi connectivity index (χ0n) is 14.7. The Hall–Kier alpha value is -1.01. The van der Waals surface area contributed by atoms with Crippen LogP contribution in [0, 0.1) is 5.92 Å². The Morgan fingerprint density at radius 1 is 1.21 bits per heavy atom. The van der Waals surface area contributed by atoms with Gasteiger partial charge in [-0.1, -0.05) is 35.7 Å². The van der Waals surface area contributed by atoms with E-state index in [1.54, 1.807) is 14.2 Å². The molecule has 1 saturated carbocycles. The van der Waals surface area contributed by atoms with E-state index in [0.29, 0.717) is 12.0 Å². The fourth-order valence-electron chi connectivity index (χ4n) is 3.15. The van der Waals surface area contributed by atoms with Gasteiger partial charge in [-0.3, -0.25) is 0 Å². The molecular weight excluding hydrogens is 388 g/mol. The third-order valence-corrected chi connectivity index (χ3v) is 5.66. The number of rotatable bonds is 6. The topological polar surface area (TPSA) is 42.5 Å². The highest BCUT2D eigenvalue weighted by Crippen LogP contribution is 2.33. The monoisotopic (exact) mass is 414 g/mol. The van der Waals surface area contributed by atoms with Crippen LogP contribution < -0.4 is 20.1 Å². The molecule has 24 heavy (non-hydrogen) atoms. The summed E-state index contributed by atoms with van der Waals surface area (Å²) in [5.74, 6) is 2.16. The van der Waals surface area contributed by atoms with Crippen LogP contribution in [0.25, 0.3) is 0 Å². The first-order valence-electron chi connectivity index (χ1n) is 8.50. The second kappa shape index (κ2) is 9.47. The van der Waals surface area contributed by atoms with Crippen molar-refractivity contribution >= 4 is 33.3 Å². The van der Waals surface area contributed by atoms with Gasteiger partial charge >= 0.3 is 0 Å². The quantitative estimate of drug-likeness (QED) is 0.687. The van der Waals surface area contributed by atoms with Crippen molar-refractivity contribution in [2.24, 2.45) is 5.92 Å². The maximum absolute atomic E-state index is 5.45. The molecule has 0 heterocycles. The molecular formula is C18H27BrN2O2S. The first kappa shape index (κ1) is 19.3. The maximum atomic E-state index is 5.45. The molecule has 2 N–H and O–H groups in total. The third-order valence-electron chi connectivity index (χ3n) is 4.66. The van der Waals surface area contributed by atoms with Crippen LogP contribution in [0.2, 0.25) is 0 Å². The minimum Gasteiger partial charge on any atom is -0.493 e. The van der Waals surface area contributed by atoms with Gasteiger partial charge in [0.05, 0.1) is 14.2 Å². The molecule has 2 atom stereocenters. The molecule has 2 rings (SSSR count). The van der Waals surface area contributed by atoms with Crippen LogP contribution in [-0.2, 0) is 6.42 Å². The van der Waals surface area contributed by atoms with Gasteiger partial charge in [-0.2, -0.15) is 0 Å². The molecule has 1 aromatic rings. The van der Waals surface area contributed by atoms with Crippen LogP contribution in [0.15, 0.2) is 16.6 Å². The summed E-state index contributed by atoms with van der Waals surface area (Å²) in [6.45, 7) is 3.08. The van der Waals surface area contributed by atoms with E-state index in [2.05, 4.69) is 33.5 Å². The van der Waals surface area contributed by atoms with Gasteiger partial charge in [0, 0.05) is 17.1 Å². The Balaban J connectivity index is 1.84. The predicted octanol–water partition coefficient (Wildman–Crippen LogP) is 4.05. The van der Waals surface area contributed by atoms with Crippen molar-refractivity contribution in [3.8, 4) is 11.5 Å². The molecule has 0 unspecified atom stereocenters. The van der Waals surface area contributed by atoms with E-state index in [4.69, 9.17) is 21.7 Å². The molecule has 134 valence electrons. The van der Waals surface area contributed by atoms with Gasteiger partial charge in [0.2, 0.25) is 0 Å². The van der Waals surface area contributed by atoms with Gasteiger partial charge < -0.3 is 20.1 Å². The number of thiocarbonyl (C=S) groups is 1. The number of halogens is 1. The van der Waals surface area contributed by atoms with E-state index >= 15 is 0 Å². The second-order valence-electron chi connectivity index (χ2n) is 6.32. The maximum Gasteiger partial charge on any atom is 0.166 e. The molecule has 1 aliphatic carbocycles. The largest absolute Gasteiger partial charge is 0.493 e. The number of nitrogens with one attached hydrogen (secondary N) is 2. The minimum absolute atomic E-state index is 0.506. The van der Waals surface area contributed by atoms with Gasteiger partial charge in [0.15, 0.2) is 16.6 Å². The van der Waals surface area contributed by atoms with Gasteiger partial charge in [0.1, 0.15) is 0 Å². The molecule has 0 saturated heterocycles. The minimum atomic E-state index is 0.506. The summed E-state index contributed by atoms with van der Waals surface area (Å²) in [4.78, 5) is 0. The van der Waals surface area contributed by atoms with Crippen molar-refractivity contribution in [1.29, 1.82) is 0 Å². The SMILES string of the molecule is COc1cc(Br)c(CCNC(=S)N[C@H]2CCCC[C@H]2C)cc1OC. The van der Waals surface area contributed by atoms with Crippen LogP contribution in [0.4, 0.5) is 0 Å².